The number of piperidine rings is 1. The summed E-state index contributed by atoms with van der Waals surface area (Å²) in [5.74, 6) is -1.15. The number of carbonyl (C=O) groups excluding carboxylic acids is 3. The van der Waals surface area contributed by atoms with E-state index in [-0.39, 0.29) is 43.2 Å². The van der Waals surface area contributed by atoms with Crippen LogP contribution in [0.25, 0.3) is 0 Å². The number of amides is 3. The van der Waals surface area contributed by atoms with Crippen LogP contribution in [-0.4, -0.2) is 73.2 Å². The van der Waals surface area contributed by atoms with Gasteiger partial charge in [0.05, 0.1) is 37.3 Å². The highest BCUT2D eigenvalue weighted by molar-refractivity contribution is 6.71. The zero-order chi connectivity index (χ0) is 34.8. The lowest BCUT2D eigenvalue weighted by Crippen LogP contribution is -2.46. The van der Waals surface area contributed by atoms with Gasteiger partial charge in [-0.05, 0) is 61.8 Å². The molecule has 10 nitrogen and oxygen atoms in total. The highest BCUT2D eigenvalue weighted by Gasteiger charge is 2.66. The first-order chi connectivity index (χ1) is 23.5. The summed E-state index contributed by atoms with van der Waals surface area (Å²) < 4.78 is 6.94. The Hall–Kier alpha value is -3.87. The minimum atomic E-state index is -3.04. The van der Waals surface area contributed by atoms with Crippen LogP contribution in [0.1, 0.15) is 42.9 Å². The van der Waals surface area contributed by atoms with Crippen LogP contribution in [-0.2, 0) is 37.8 Å². The average molecular weight is 685 g/mol. The summed E-state index contributed by atoms with van der Waals surface area (Å²) >= 11 is 0. The molecule has 3 aliphatic rings. The molecule has 2 fully saturated rings. The molecule has 0 aliphatic carbocycles. The SMILES string of the molecule is C[C@@H]1[C@@H]([Si](C)(C)O)[C@H](CC(=O)N(CCO)Cc2ccccc2)O[C@@]12C(=O)N(Cc1ccccc1)c1ccc(NC(=O)C3CCCNC3)cc12. The van der Waals surface area contributed by atoms with Crippen LogP contribution in [0, 0.1) is 11.8 Å². The van der Waals surface area contributed by atoms with Gasteiger partial charge in [0.2, 0.25) is 11.8 Å². The predicted octanol–water partition coefficient (Wildman–Crippen LogP) is 4.38. The van der Waals surface area contributed by atoms with Crippen LogP contribution in [0.5, 0.6) is 0 Å². The molecule has 2 saturated heterocycles. The molecule has 3 aromatic carbocycles. The number of fused-ring (bicyclic) bond motifs is 2. The Kier molecular flexibility index (Phi) is 10.4. The molecule has 1 spiro atoms. The Bertz CT molecular complexity index is 1640. The van der Waals surface area contributed by atoms with Gasteiger partial charge in [-0.15, -0.1) is 0 Å². The molecule has 1 unspecified atom stereocenters. The van der Waals surface area contributed by atoms with Crippen molar-refractivity contribution in [3.63, 3.8) is 0 Å². The van der Waals surface area contributed by atoms with Gasteiger partial charge < -0.3 is 35.1 Å². The molecule has 0 aromatic heterocycles. The number of anilines is 2. The quantitative estimate of drug-likeness (QED) is 0.221. The molecule has 11 heteroatoms. The fourth-order valence-electron chi connectivity index (χ4n) is 8.12. The Labute approximate surface area is 289 Å². The maximum Gasteiger partial charge on any atom is 0.264 e. The maximum absolute atomic E-state index is 14.9. The fraction of sp³-hybridized carbons (Fsp3) is 0.447. The molecular weight excluding hydrogens is 637 g/mol. The molecule has 0 radical (unpaired) electrons. The van der Waals surface area contributed by atoms with Crippen LogP contribution >= 0.6 is 0 Å². The van der Waals surface area contributed by atoms with Gasteiger partial charge in [0, 0.05) is 42.3 Å². The molecule has 0 saturated carbocycles. The van der Waals surface area contributed by atoms with E-state index >= 15 is 0 Å². The zero-order valence-electron chi connectivity index (χ0n) is 28.6. The standard InChI is InChI=1S/C38H48N4O6Si/c1-26-35(49(2,3)47)33(22-34(44)41(19-20-43)24-27-11-6-4-7-12-27)48-38(26)31-21-30(40-36(45)29-15-10-18-39-23-29)16-17-32(31)42(37(38)46)25-28-13-8-5-9-14-28/h4-9,11-14,16-17,21,26,29,33,35,39,43,47H,10,15,18-20,22-25H2,1-3H3,(H,40,45)/t26-,29?,33+,35-,38+/m1/s1. The zero-order valence-corrected chi connectivity index (χ0v) is 29.6. The number of aliphatic hydroxyl groups is 1. The molecule has 4 N–H and O–H groups in total. The van der Waals surface area contributed by atoms with Gasteiger partial charge in [0.25, 0.3) is 5.91 Å². The van der Waals surface area contributed by atoms with Crippen LogP contribution in [0.4, 0.5) is 11.4 Å². The smallest absolute Gasteiger partial charge is 0.264 e. The lowest BCUT2D eigenvalue weighted by Gasteiger charge is -2.32. The van der Waals surface area contributed by atoms with E-state index in [1.54, 1.807) is 9.80 Å². The van der Waals surface area contributed by atoms with E-state index in [1.165, 1.54) is 0 Å². The second-order valence-electron chi connectivity index (χ2n) is 14.2. The molecule has 3 amide bonds. The second-order valence-corrected chi connectivity index (χ2v) is 18.2. The Morgan fingerprint density at radius 3 is 2.39 bits per heavy atom. The summed E-state index contributed by atoms with van der Waals surface area (Å²) in [6.07, 6.45) is 0.949. The van der Waals surface area contributed by atoms with E-state index in [1.807, 2.05) is 98.9 Å². The molecular formula is C38H48N4O6Si. The van der Waals surface area contributed by atoms with Crippen molar-refractivity contribution in [2.75, 3.05) is 36.5 Å². The maximum atomic E-state index is 14.9. The number of nitrogens with one attached hydrogen (secondary N) is 2. The van der Waals surface area contributed by atoms with Gasteiger partial charge in [0.1, 0.15) is 0 Å². The Morgan fingerprint density at radius 2 is 1.76 bits per heavy atom. The van der Waals surface area contributed by atoms with E-state index in [2.05, 4.69) is 10.6 Å². The third kappa shape index (κ3) is 7.09. The molecule has 5 atom stereocenters. The van der Waals surface area contributed by atoms with Gasteiger partial charge >= 0.3 is 0 Å². The Morgan fingerprint density at radius 1 is 1.06 bits per heavy atom. The van der Waals surface area contributed by atoms with Crippen molar-refractivity contribution in [2.45, 2.75) is 69.6 Å². The number of ether oxygens (including phenoxy) is 1. The van der Waals surface area contributed by atoms with Crippen LogP contribution < -0.4 is 15.5 Å². The molecule has 0 bridgehead atoms. The first-order valence-electron chi connectivity index (χ1n) is 17.4. The summed E-state index contributed by atoms with van der Waals surface area (Å²) in [7, 11) is -3.04. The van der Waals surface area contributed by atoms with Crippen molar-refractivity contribution >= 4 is 37.4 Å². The lowest BCUT2D eigenvalue weighted by atomic mass is 9.82. The number of carbonyl (C=O) groups is 3. The van der Waals surface area contributed by atoms with Crippen molar-refractivity contribution in [3.05, 3.63) is 95.6 Å². The number of hydrogen-bond donors (Lipinski definition) is 4. The van der Waals surface area contributed by atoms with E-state index in [4.69, 9.17) is 4.74 Å². The molecule has 6 rings (SSSR count). The molecule has 49 heavy (non-hydrogen) atoms. The van der Waals surface area contributed by atoms with Crippen LogP contribution in [0.3, 0.4) is 0 Å². The number of nitrogens with zero attached hydrogens (tertiary/aromatic N) is 2. The van der Waals surface area contributed by atoms with E-state index < -0.39 is 31.5 Å². The van der Waals surface area contributed by atoms with Crippen LogP contribution in [0.2, 0.25) is 18.6 Å². The summed E-state index contributed by atoms with van der Waals surface area (Å²) in [6.45, 7) is 7.74. The van der Waals surface area contributed by atoms with Crippen molar-refractivity contribution in [1.29, 1.82) is 0 Å². The second kappa shape index (κ2) is 14.5. The van der Waals surface area contributed by atoms with Crippen LogP contribution in [0.15, 0.2) is 78.9 Å². The van der Waals surface area contributed by atoms with Crippen molar-refractivity contribution < 1.29 is 29.0 Å². The number of hydrogen-bond acceptors (Lipinski definition) is 7. The highest BCUT2D eigenvalue weighted by Crippen LogP contribution is 2.60. The summed E-state index contributed by atoms with van der Waals surface area (Å²) in [4.78, 5) is 57.2. The third-order valence-corrected chi connectivity index (χ3v) is 12.9. The third-order valence-electron chi connectivity index (χ3n) is 10.4. The average Bonchev–Trinajstić information content (AvgIpc) is 3.51. The number of benzene rings is 3. The topological polar surface area (TPSA) is 131 Å². The summed E-state index contributed by atoms with van der Waals surface area (Å²) in [6, 6.07) is 24.9. The monoisotopic (exact) mass is 684 g/mol. The molecule has 3 heterocycles. The fourth-order valence-corrected chi connectivity index (χ4v) is 10.7. The largest absolute Gasteiger partial charge is 0.432 e. The van der Waals surface area contributed by atoms with E-state index in [0.29, 0.717) is 36.6 Å². The summed E-state index contributed by atoms with van der Waals surface area (Å²) in [5, 5.41) is 16.2. The number of rotatable bonds is 11. The lowest BCUT2D eigenvalue weighted by molar-refractivity contribution is -0.150. The predicted molar refractivity (Wildman–Crippen MR) is 191 cm³/mol. The normalized spacial score (nSPS) is 25.0. The minimum Gasteiger partial charge on any atom is -0.432 e. The first-order valence-corrected chi connectivity index (χ1v) is 20.4. The van der Waals surface area contributed by atoms with Crippen molar-refractivity contribution in [1.82, 2.24) is 10.2 Å². The van der Waals surface area contributed by atoms with Gasteiger partial charge in [0.15, 0.2) is 13.9 Å². The molecule has 260 valence electrons. The Balaban J connectivity index is 1.36. The molecule has 3 aromatic rings. The number of aliphatic hydroxyl groups excluding tert-OH is 1. The summed E-state index contributed by atoms with van der Waals surface area (Å²) in [5.41, 5.74) is 1.86. The van der Waals surface area contributed by atoms with Gasteiger partial charge in [-0.3, -0.25) is 14.4 Å². The van der Waals surface area contributed by atoms with E-state index in [9.17, 15) is 24.3 Å². The van der Waals surface area contributed by atoms with E-state index in [0.717, 1.165) is 30.5 Å². The van der Waals surface area contributed by atoms with Crippen molar-refractivity contribution in [2.24, 2.45) is 11.8 Å². The minimum absolute atomic E-state index is 0.0486. The van der Waals surface area contributed by atoms with Gasteiger partial charge in [-0.25, -0.2) is 0 Å². The highest BCUT2D eigenvalue weighted by atomic mass is 28.4. The van der Waals surface area contributed by atoms with Gasteiger partial charge in [-0.2, -0.15) is 0 Å². The first kappa shape index (κ1) is 35.0. The van der Waals surface area contributed by atoms with Gasteiger partial charge in [-0.1, -0.05) is 67.6 Å². The van der Waals surface area contributed by atoms with Crippen molar-refractivity contribution in [3.8, 4) is 0 Å². The molecule has 3 aliphatic heterocycles.